The van der Waals surface area contributed by atoms with Gasteiger partial charge in [0.25, 0.3) is 0 Å². The van der Waals surface area contributed by atoms with Crippen molar-refractivity contribution in [2.45, 2.75) is 0 Å². The van der Waals surface area contributed by atoms with Crippen LogP contribution in [-0.2, 0) is 0 Å². The molecule has 5 aromatic rings. The number of nitrogens with zero attached hydrogens (tertiary/aromatic N) is 7. The number of ether oxygens (including phenoxy) is 1. The Hall–Kier alpha value is -4.57. The number of piperazine rings is 1. The van der Waals surface area contributed by atoms with Crippen LogP contribution in [0.15, 0.2) is 73.4 Å². The third kappa shape index (κ3) is 4.66. The van der Waals surface area contributed by atoms with E-state index in [1.165, 1.54) is 4.90 Å². The number of hydrogen-bond donors (Lipinski definition) is 1. The van der Waals surface area contributed by atoms with Gasteiger partial charge in [0.05, 0.1) is 11.7 Å². The van der Waals surface area contributed by atoms with Crippen LogP contribution in [0.4, 0.5) is 4.79 Å². The number of hydrogen-bond acceptors (Lipinski definition) is 7. The highest BCUT2D eigenvalue weighted by Crippen LogP contribution is 2.30. The summed E-state index contributed by atoms with van der Waals surface area (Å²) in [6.45, 7) is 3.70. The summed E-state index contributed by atoms with van der Waals surface area (Å²) in [5.41, 5.74) is 5.53. The van der Waals surface area contributed by atoms with E-state index in [-0.39, 0.29) is 0 Å². The Kier molecular flexibility index (Phi) is 6.07. The van der Waals surface area contributed by atoms with Crippen LogP contribution in [-0.4, -0.2) is 84.9 Å². The van der Waals surface area contributed by atoms with Crippen LogP contribution in [0, 0.1) is 0 Å². The normalized spacial score (nSPS) is 14.3. The van der Waals surface area contributed by atoms with E-state index in [9.17, 15) is 4.79 Å². The first-order valence-electron chi connectivity index (χ1n) is 12.1. The zero-order chi connectivity index (χ0) is 25.2. The van der Waals surface area contributed by atoms with Crippen molar-refractivity contribution in [2.75, 3.05) is 39.3 Å². The molecule has 186 valence electrons. The molecule has 5 heterocycles. The summed E-state index contributed by atoms with van der Waals surface area (Å²) in [4.78, 5) is 28.3. The quantitative estimate of drug-likeness (QED) is 0.380. The Balaban J connectivity index is 1.13. The lowest BCUT2D eigenvalue weighted by Crippen LogP contribution is -2.49. The maximum Gasteiger partial charge on any atom is 0.407 e. The second-order valence-corrected chi connectivity index (χ2v) is 8.89. The SMILES string of the molecule is O=C(O)N1CCN(CCOc2ccc(-c3cnc4c(-c5ccnc6ccccc56)cnn4c3)cn2)CC1. The van der Waals surface area contributed by atoms with E-state index in [0.29, 0.717) is 38.7 Å². The lowest BCUT2D eigenvalue weighted by Gasteiger charge is -2.32. The van der Waals surface area contributed by atoms with E-state index in [1.807, 2.05) is 61.2 Å². The van der Waals surface area contributed by atoms with Crippen LogP contribution in [0.1, 0.15) is 0 Å². The largest absolute Gasteiger partial charge is 0.476 e. The number of aromatic nitrogens is 5. The summed E-state index contributed by atoms with van der Waals surface area (Å²) in [7, 11) is 0. The fourth-order valence-corrected chi connectivity index (χ4v) is 4.62. The van der Waals surface area contributed by atoms with Gasteiger partial charge in [-0.1, -0.05) is 18.2 Å². The zero-order valence-electron chi connectivity index (χ0n) is 20.1. The minimum Gasteiger partial charge on any atom is -0.476 e. The molecule has 0 radical (unpaired) electrons. The molecule has 10 heteroatoms. The molecule has 10 nitrogen and oxygen atoms in total. The summed E-state index contributed by atoms with van der Waals surface area (Å²) in [6.07, 6.45) is 8.34. The van der Waals surface area contributed by atoms with Crippen LogP contribution in [0.2, 0.25) is 0 Å². The highest BCUT2D eigenvalue weighted by atomic mass is 16.5. The summed E-state index contributed by atoms with van der Waals surface area (Å²) in [5.74, 6) is 0.549. The number of pyridine rings is 2. The lowest BCUT2D eigenvalue weighted by molar-refractivity contribution is 0.0981. The molecule has 1 aromatic carbocycles. The van der Waals surface area contributed by atoms with Crippen molar-refractivity contribution >= 4 is 22.6 Å². The molecule has 1 aliphatic heterocycles. The number of fused-ring (bicyclic) bond motifs is 2. The number of benzene rings is 1. The monoisotopic (exact) mass is 495 g/mol. The summed E-state index contributed by atoms with van der Waals surface area (Å²) in [6, 6.07) is 13.8. The molecule has 0 spiro atoms. The molecule has 1 amide bonds. The van der Waals surface area contributed by atoms with Gasteiger partial charge in [-0.05, 0) is 23.8 Å². The van der Waals surface area contributed by atoms with Crippen molar-refractivity contribution in [2.24, 2.45) is 0 Å². The molecule has 37 heavy (non-hydrogen) atoms. The molecule has 0 unspecified atom stereocenters. The van der Waals surface area contributed by atoms with E-state index in [2.05, 4.69) is 26.0 Å². The molecule has 0 bridgehead atoms. The molecular weight excluding hydrogens is 470 g/mol. The molecular formula is C27H25N7O3. The number of carboxylic acid groups (broad SMARTS) is 1. The van der Waals surface area contributed by atoms with Gasteiger partial charge in [0.2, 0.25) is 5.88 Å². The van der Waals surface area contributed by atoms with Crippen LogP contribution in [0.3, 0.4) is 0 Å². The van der Waals surface area contributed by atoms with Gasteiger partial charge in [-0.3, -0.25) is 9.88 Å². The van der Waals surface area contributed by atoms with Crippen LogP contribution in [0.25, 0.3) is 38.8 Å². The predicted molar refractivity (Wildman–Crippen MR) is 138 cm³/mol. The first-order chi connectivity index (χ1) is 18.2. The summed E-state index contributed by atoms with van der Waals surface area (Å²) >= 11 is 0. The first-order valence-corrected chi connectivity index (χ1v) is 12.1. The Morgan fingerprint density at radius 1 is 0.892 bits per heavy atom. The molecule has 0 saturated carbocycles. The average Bonchev–Trinajstić information content (AvgIpc) is 3.36. The second kappa shape index (κ2) is 9.82. The van der Waals surface area contributed by atoms with Gasteiger partial charge in [-0.2, -0.15) is 5.10 Å². The fourth-order valence-electron chi connectivity index (χ4n) is 4.62. The van der Waals surface area contributed by atoms with Crippen molar-refractivity contribution in [3.05, 3.63) is 73.4 Å². The standard InChI is InChI=1S/C27H25N7O3/c35-27(36)33-11-9-32(10-12-33)13-14-37-25-6-5-19(15-29-25)20-16-30-26-23(17-31-34(26)18-20)21-7-8-28-24-4-2-1-3-22(21)24/h1-8,15-18H,9-14H2,(H,35,36). The van der Waals surface area contributed by atoms with Crippen LogP contribution >= 0.6 is 0 Å². The minimum atomic E-state index is -0.857. The maximum atomic E-state index is 11.0. The molecule has 1 fully saturated rings. The topological polar surface area (TPSA) is 109 Å². The Morgan fingerprint density at radius 2 is 1.73 bits per heavy atom. The first kappa shape index (κ1) is 22.9. The highest BCUT2D eigenvalue weighted by molar-refractivity contribution is 5.97. The number of rotatable bonds is 6. The van der Waals surface area contributed by atoms with Crippen molar-refractivity contribution < 1.29 is 14.6 Å². The van der Waals surface area contributed by atoms with Crippen molar-refractivity contribution in [3.63, 3.8) is 0 Å². The van der Waals surface area contributed by atoms with E-state index in [0.717, 1.165) is 45.3 Å². The minimum absolute atomic E-state index is 0.493. The molecule has 1 aliphatic rings. The number of amides is 1. The Bertz CT molecular complexity index is 1550. The van der Waals surface area contributed by atoms with Gasteiger partial charge < -0.3 is 14.7 Å². The molecule has 1 saturated heterocycles. The maximum absolute atomic E-state index is 11.0. The molecule has 1 N–H and O–H groups in total. The van der Waals surface area contributed by atoms with Gasteiger partial charge in [-0.25, -0.2) is 19.3 Å². The molecule has 0 atom stereocenters. The lowest BCUT2D eigenvalue weighted by atomic mass is 10.0. The van der Waals surface area contributed by atoms with Gasteiger partial charge in [0, 0.05) is 85.7 Å². The molecule has 0 aliphatic carbocycles. The van der Waals surface area contributed by atoms with E-state index in [4.69, 9.17) is 14.8 Å². The fraction of sp³-hybridized carbons (Fsp3) is 0.222. The van der Waals surface area contributed by atoms with E-state index >= 15 is 0 Å². The Morgan fingerprint density at radius 3 is 2.54 bits per heavy atom. The molecule has 6 rings (SSSR count). The van der Waals surface area contributed by atoms with Crippen molar-refractivity contribution in [1.82, 2.24) is 34.4 Å². The molecule has 4 aromatic heterocycles. The van der Waals surface area contributed by atoms with E-state index in [1.54, 1.807) is 10.7 Å². The van der Waals surface area contributed by atoms with Crippen LogP contribution < -0.4 is 4.74 Å². The van der Waals surface area contributed by atoms with Crippen LogP contribution in [0.5, 0.6) is 5.88 Å². The highest BCUT2D eigenvalue weighted by Gasteiger charge is 2.20. The number of para-hydroxylation sites is 1. The van der Waals surface area contributed by atoms with E-state index < -0.39 is 6.09 Å². The summed E-state index contributed by atoms with van der Waals surface area (Å²) < 4.78 is 7.60. The zero-order valence-corrected chi connectivity index (χ0v) is 20.1. The summed E-state index contributed by atoms with van der Waals surface area (Å²) in [5, 5.41) is 14.7. The third-order valence-corrected chi connectivity index (χ3v) is 6.67. The smallest absolute Gasteiger partial charge is 0.407 e. The average molecular weight is 496 g/mol. The predicted octanol–water partition coefficient (Wildman–Crippen LogP) is 3.68. The van der Waals surface area contributed by atoms with Gasteiger partial charge in [-0.15, -0.1) is 0 Å². The number of carbonyl (C=O) groups is 1. The van der Waals surface area contributed by atoms with Gasteiger partial charge >= 0.3 is 6.09 Å². The van der Waals surface area contributed by atoms with Crippen molar-refractivity contribution in [3.8, 4) is 28.1 Å². The van der Waals surface area contributed by atoms with Gasteiger partial charge in [0.15, 0.2) is 5.65 Å². The Labute approximate surface area is 212 Å². The van der Waals surface area contributed by atoms with Crippen molar-refractivity contribution in [1.29, 1.82) is 0 Å². The van der Waals surface area contributed by atoms with Gasteiger partial charge in [0.1, 0.15) is 6.61 Å². The second-order valence-electron chi connectivity index (χ2n) is 8.89. The third-order valence-electron chi connectivity index (χ3n) is 6.67.